The van der Waals surface area contributed by atoms with Gasteiger partial charge in [0.1, 0.15) is 11.8 Å². The number of ether oxygens (including phenoxy) is 1. The molecule has 0 atom stereocenters. The van der Waals surface area contributed by atoms with Crippen molar-refractivity contribution in [2.24, 2.45) is 0 Å². The van der Waals surface area contributed by atoms with Crippen molar-refractivity contribution in [1.29, 1.82) is 0 Å². The largest absolute Gasteiger partial charge is 0.466 e. The highest BCUT2D eigenvalue weighted by molar-refractivity contribution is 6.33. The van der Waals surface area contributed by atoms with Crippen molar-refractivity contribution in [3.8, 4) is 0 Å². The van der Waals surface area contributed by atoms with Crippen LogP contribution in [0.2, 0.25) is 5.15 Å². The predicted molar refractivity (Wildman–Crippen MR) is 70.8 cm³/mol. The van der Waals surface area contributed by atoms with E-state index in [2.05, 4.69) is 21.9 Å². The van der Waals surface area contributed by atoms with Gasteiger partial charge in [0.05, 0.1) is 19.4 Å². The molecule has 0 saturated heterocycles. The highest BCUT2D eigenvalue weighted by atomic mass is 35.5. The van der Waals surface area contributed by atoms with Crippen molar-refractivity contribution in [2.45, 2.75) is 32.7 Å². The number of aryl methyl sites for hydroxylation is 1. The Morgan fingerprint density at radius 3 is 3.05 bits per heavy atom. The molecule has 7 heteroatoms. The molecule has 2 heterocycles. The van der Waals surface area contributed by atoms with Gasteiger partial charge in [0.2, 0.25) is 0 Å². The van der Waals surface area contributed by atoms with Crippen molar-refractivity contribution in [3.05, 3.63) is 17.8 Å². The summed E-state index contributed by atoms with van der Waals surface area (Å²) in [6.45, 7) is 3.00. The molecule has 0 unspecified atom stereocenters. The maximum Gasteiger partial charge on any atom is 0.307 e. The second-order valence-corrected chi connectivity index (χ2v) is 4.46. The minimum absolute atomic E-state index is 0.213. The van der Waals surface area contributed by atoms with Gasteiger partial charge in [-0.25, -0.2) is 15.0 Å². The van der Waals surface area contributed by atoms with Crippen molar-refractivity contribution < 1.29 is 9.53 Å². The van der Waals surface area contributed by atoms with Crippen molar-refractivity contribution in [2.75, 3.05) is 6.61 Å². The molecule has 0 aliphatic carbocycles. The molecule has 0 fully saturated rings. The van der Waals surface area contributed by atoms with Crippen LogP contribution >= 0.6 is 11.6 Å². The van der Waals surface area contributed by atoms with Crippen LogP contribution in [0.4, 0.5) is 0 Å². The summed E-state index contributed by atoms with van der Waals surface area (Å²) in [5.74, 6) is -0.213. The number of halogens is 1. The first kappa shape index (κ1) is 13.7. The molecule has 0 bridgehead atoms. The van der Waals surface area contributed by atoms with E-state index in [4.69, 9.17) is 16.3 Å². The molecule has 2 aromatic heterocycles. The van der Waals surface area contributed by atoms with E-state index in [9.17, 15) is 4.79 Å². The Hall–Kier alpha value is -1.69. The molecular weight excluding hydrogens is 268 g/mol. The van der Waals surface area contributed by atoms with Gasteiger partial charge in [-0.15, -0.1) is 0 Å². The van der Waals surface area contributed by atoms with Gasteiger partial charge < -0.3 is 9.30 Å². The number of rotatable bonds is 6. The van der Waals surface area contributed by atoms with Crippen molar-refractivity contribution in [1.82, 2.24) is 19.5 Å². The highest BCUT2D eigenvalue weighted by Crippen LogP contribution is 2.17. The minimum atomic E-state index is -0.213. The molecule has 2 aromatic rings. The summed E-state index contributed by atoms with van der Waals surface area (Å²) in [4.78, 5) is 23.6. The number of nitrogens with zero attached hydrogens (tertiary/aromatic N) is 4. The van der Waals surface area contributed by atoms with Gasteiger partial charge >= 0.3 is 5.97 Å². The van der Waals surface area contributed by atoms with Gasteiger partial charge in [0.25, 0.3) is 0 Å². The van der Waals surface area contributed by atoms with Crippen LogP contribution in [-0.4, -0.2) is 32.1 Å². The first-order valence-corrected chi connectivity index (χ1v) is 6.57. The maximum atomic E-state index is 11.5. The Kier molecular flexibility index (Phi) is 4.68. The number of esters is 1. The molecule has 102 valence electrons. The normalized spacial score (nSPS) is 10.8. The molecule has 0 radical (unpaired) electrons. The summed E-state index contributed by atoms with van der Waals surface area (Å²) in [5.41, 5.74) is 1.17. The fourth-order valence-corrected chi connectivity index (χ4v) is 1.81. The summed E-state index contributed by atoms with van der Waals surface area (Å²) < 4.78 is 6.85. The highest BCUT2D eigenvalue weighted by Gasteiger charge is 2.10. The molecule has 0 spiro atoms. The van der Waals surface area contributed by atoms with E-state index in [1.807, 2.05) is 0 Å². The minimum Gasteiger partial charge on any atom is -0.466 e. The number of imidazole rings is 1. The monoisotopic (exact) mass is 282 g/mol. The second kappa shape index (κ2) is 6.47. The molecule has 0 amide bonds. The molecule has 0 saturated carbocycles. The lowest BCUT2D eigenvalue weighted by molar-refractivity contribution is -0.144. The Labute approximate surface area is 115 Å². The lowest BCUT2D eigenvalue weighted by Crippen LogP contribution is -2.09. The van der Waals surface area contributed by atoms with Gasteiger partial charge in [-0.2, -0.15) is 0 Å². The van der Waals surface area contributed by atoms with Crippen LogP contribution in [0.1, 0.15) is 26.2 Å². The Morgan fingerprint density at radius 2 is 2.26 bits per heavy atom. The topological polar surface area (TPSA) is 69.9 Å². The van der Waals surface area contributed by atoms with Crippen LogP contribution < -0.4 is 0 Å². The Bertz CT molecular complexity index is 570. The number of hydrogen-bond donors (Lipinski definition) is 0. The van der Waals surface area contributed by atoms with E-state index < -0.39 is 0 Å². The summed E-state index contributed by atoms with van der Waals surface area (Å²) >= 11 is 5.90. The van der Waals surface area contributed by atoms with E-state index in [1.54, 1.807) is 10.9 Å². The Morgan fingerprint density at radius 1 is 1.42 bits per heavy atom. The number of unbranched alkanes of at least 4 members (excludes halogenated alkanes) is 1. The molecular formula is C12H15ClN4O2. The van der Waals surface area contributed by atoms with Gasteiger partial charge in [-0.1, -0.05) is 24.9 Å². The quantitative estimate of drug-likeness (QED) is 0.461. The smallest absolute Gasteiger partial charge is 0.307 e. The maximum absolute atomic E-state index is 11.5. The first-order valence-electron chi connectivity index (χ1n) is 6.19. The third-order valence-corrected chi connectivity index (χ3v) is 2.95. The van der Waals surface area contributed by atoms with Gasteiger partial charge in [0.15, 0.2) is 10.8 Å². The van der Waals surface area contributed by atoms with Crippen molar-refractivity contribution >= 4 is 28.7 Å². The third kappa shape index (κ3) is 3.41. The van der Waals surface area contributed by atoms with Crippen molar-refractivity contribution in [3.63, 3.8) is 0 Å². The second-order valence-electron chi connectivity index (χ2n) is 4.10. The van der Waals surface area contributed by atoms with E-state index >= 15 is 0 Å². The fourth-order valence-electron chi connectivity index (χ4n) is 1.63. The molecule has 2 rings (SSSR count). The van der Waals surface area contributed by atoms with Gasteiger partial charge in [0, 0.05) is 6.54 Å². The number of carbonyl (C=O) groups excluding carboxylic acids is 1. The molecule has 0 N–H and O–H groups in total. The third-order valence-electron chi connectivity index (χ3n) is 2.67. The molecule has 0 aliphatic rings. The predicted octanol–water partition coefficient (Wildman–Crippen LogP) is 2.21. The number of hydrogen-bond acceptors (Lipinski definition) is 5. The first-order chi connectivity index (χ1) is 9.22. The van der Waals surface area contributed by atoms with E-state index in [0.717, 1.165) is 12.8 Å². The average molecular weight is 283 g/mol. The molecule has 19 heavy (non-hydrogen) atoms. The summed E-state index contributed by atoms with van der Waals surface area (Å²) in [5, 5.41) is 0.314. The molecule has 0 aliphatic heterocycles. The van der Waals surface area contributed by atoms with Crippen LogP contribution in [0.5, 0.6) is 0 Å². The molecule has 0 aromatic carbocycles. The summed E-state index contributed by atoms with van der Waals surface area (Å²) in [6, 6.07) is 0. The van der Waals surface area contributed by atoms with Crippen LogP contribution in [0, 0.1) is 0 Å². The van der Waals surface area contributed by atoms with Crippen LogP contribution in [0.25, 0.3) is 11.2 Å². The lowest BCUT2D eigenvalue weighted by atomic mass is 10.3. The zero-order chi connectivity index (χ0) is 13.7. The SMILES string of the molecule is CCCCOC(=O)CCn1cnc2c(Cl)ncnc21. The lowest BCUT2D eigenvalue weighted by Gasteiger charge is -2.05. The zero-order valence-electron chi connectivity index (χ0n) is 10.7. The fraction of sp³-hybridized carbons (Fsp3) is 0.500. The van der Waals surface area contributed by atoms with Crippen LogP contribution in [0.3, 0.4) is 0 Å². The Balaban J connectivity index is 1.95. The van der Waals surface area contributed by atoms with E-state index in [-0.39, 0.29) is 12.4 Å². The summed E-state index contributed by atoms with van der Waals surface area (Å²) in [6.07, 6.45) is 5.17. The number of fused-ring (bicyclic) bond motifs is 1. The van der Waals surface area contributed by atoms with Gasteiger partial charge in [-0.3, -0.25) is 4.79 Å². The standard InChI is InChI=1S/C12H15ClN4O2/c1-2-3-6-19-9(18)4-5-17-8-16-10-11(13)14-7-15-12(10)17/h7-8H,2-6H2,1H3. The average Bonchev–Trinajstić information content (AvgIpc) is 2.81. The summed E-state index contributed by atoms with van der Waals surface area (Å²) in [7, 11) is 0. The zero-order valence-corrected chi connectivity index (χ0v) is 11.4. The molecule has 6 nitrogen and oxygen atoms in total. The number of carbonyl (C=O) groups is 1. The van der Waals surface area contributed by atoms with E-state index in [1.165, 1.54) is 6.33 Å². The van der Waals surface area contributed by atoms with Crippen LogP contribution in [-0.2, 0) is 16.1 Å². The van der Waals surface area contributed by atoms with E-state index in [0.29, 0.717) is 29.5 Å². The van der Waals surface area contributed by atoms with Crippen LogP contribution in [0.15, 0.2) is 12.7 Å². The van der Waals surface area contributed by atoms with Gasteiger partial charge in [-0.05, 0) is 6.42 Å². The number of aromatic nitrogens is 4.